The molecule has 0 bridgehead atoms. The second-order valence-electron chi connectivity index (χ2n) is 4.83. The molecule has 1 N–H and O–H groups in total. The number of rotatable bonds is 3. The molecule has 1 aromatic rings. The lowest BCUT2D eigenvalue weighted by molar-refractivity contribution is 0.141. The van der Waals surface area contributed by atoms with Crippen molar-refractivity contribution in [1.29, 1.82) is 0 Å². The van der Waals surface area contributed by atoms with Crippen LogP contribution in [0.4, 0.5) is 5.69 Å². The third-order valence-electron chi connectivity index (χ3n) is 3.51. The van der Waals surface area contributed by atoms with Crippen molar-refractivity contribution in [1.82, 2.24) is 5.32 Å². The van der Waals surface area contributed by atoms with Gasteiger partial charge >= 0.3 is 0 Å². The van der Waals surface area contributed by atoms with Gasteiger partial charge in [-0.15, -0.1) is 0 Å². The highest BCUT2D eigenvalue weighted by Crippen LogP contribution is 2.22. The fourth-order valence-electron chi connectivity index (χ4n) is 2.46. The van der Waals surface area contributed by atoms with Gasteiger partial charge in [-0.2, -0.15) is 0 Å². The van der Waals surface area contributed by atoms with Gasteiger partial charge < -0.3 is 19.7 Å². The zero-order valence-corrected chi connectivity index (χ0v) is 10.6. The highest BCUT2D eigenvalue weighted by atomic mass is 16.5. The monoisotopic (exact) mass is 248 g/mol. The summed E-state index contributed by atoms with van der Waals surface area (Å²) >= 11 is 0. The van der Waals surface area contributed by atoms with Crippen LogP contribution in [0.1, 0.15) is 6.42 Å². The lowest BCUT2D eigenvalue weighted by Crippen LogP contribution is -2.43. The number of nitrogens with zero attached hydrogens (tertiary/aromatic N) is 1. The third-order valence-corrected chi connectivity index (χ3v) is 3.51. The number of hydrogen-bond donors (Lipinski definition) is 1. The van der Waals surface area contributed by atoms with Gasteiger partial charge in [0.1, 0.15) is 11.9 Å². The van der Waals surface area contributed by atoms with Crippen LogP contribution in [0.5, 0.6) is 5.75 Å². The minimum Gasteiger partial charge on any atom is -0.488 e. The average Bonchev–Trinajstić information content (AvgIpc) is 2.94. The second kappa shape index (κ2) is 5.59. The van der Waals surface area contributed by atoms with Gasteiger partial charge in [-0.1, -0.05) is 0 Å². The van der Waals surface area contributed by atoms with E-state index in [1.165, 1.54) is 5.69 Å². The summed E-state index contributed by atoms with van der Waals surface area (Å²) in [7, 11) is 0. The predicted octanol–water partition coefficient (Wildman–Crippen LogP) is 1.26. The van der Waals surface area contributed by atoms with Crippen molar-refractivity contribution in [2.75, 3.05) is 44.3 Å². The molecule has 2 aliphatic heterocycles. The van der Waals surface area contributed by atoms with Gasteiger partial charge in [-0.3, -0.25) is 0 Å². The normalized spacial score (nSPS) is 24.2. The summed E-state index contributed by atoms with van der Waals surface area (Å²) in [6.45, 7) is 5.84. The second-order valence-corrected chi connectivity index (χ2v) is 4.83. The molecule has 0 spiro atoms. The van der Waals surface area contributed by atoms with Crippen molar-refractivity contribution in [3.8, 4) is 5.75 Å². The Balaban J connectivity index is 1.60. The topological polar surface area (TPSA) is 33.7 Å². The Hall–Kier alpha value is -1.26. The van der Waals surface area contributed by atoms with Crippen molar-refractivity contribution in [2.24, 2.45) is 0 Å². The van der Waals surface area contributed by atoms with Crippen molar-refractivity contribution in [2.45, 2.75) is 12.5 Å². The van der Waals surface area contributed by atoms with Gasteiger partial charge in [0.25, 0.3) is 0 Å². The number of ether oxygens (including phenoxy) is 2. The van der Waals surface area contributed by atoms with Crippen LogP contribution in [0.3, 0.4) is 0 Å². The first-order valence-electron chi connectivity index (χ1n) is 6.72. The Morgan fingerprint density at radius 2 is 1.94 bits per heavy atom. The number of nitrogens with one attached hydrogen (secondary N) is 1. The van der Waals surface area contributed by atoms with E-state index in [4.69, 9.17) is 9.47 Å². The van der Waals surface area contributed by atoms with Crippen LogP contribution >= 0.6 is 0 Å². The first-order valence-corrected chi connectivity index (χ1v) is 6.72. The molecule has 1 aromatic carbocycles. The minimum atomic E-state index is 0.232. The first-order chi connectivity index (χ1) is 8.92. The Bertz CT molecular complexity index is 368. The van der Waals surface area contributed by atoms with Crippen LogP contribution in [-0.2, 0) is 4.74 Å². The highest BCUT2D eigenvalue weighted by molar-refractivity contribution is 5.49. The third kappa shape index (κ3) is 2.76. The summed E-state index contributed by atoms with van der Waals surface area (Å²) in [5, 5.41) is 3.36. The number of anilines is 1. The van der Waals surface area contributed by atoms with Gasteiger partial charge in [-0.05, 0) is 24.3 Å². The largest absolute Gasteiger partial charge is 0.488 e. The SMILES string of the molecule is c1cc(N2CCNCC2)ccc1O[C@@H]1CCOC1. The molecule has 0 unspecified atom stereocenters. The number of hydrogen-bond acceptors (Lipinski definition) is 4. The first kappa shape index (κ1) is 11.8. The summed E-state index contributed by atoms with van der Waals surface area (Å²) < 4.78 is 11.2. The van der Waals surface area contributed by atoms with Crippen molar-refractivity contribution in [3.05, 3.63) is 24.3 Å². The van der Waals surface area contributed by atoms with Crippen LogP contribution in [0.15, 0.2) is 24.3 Å². The van der Waals surface area contributed by atoms with E-state index in [0.717, 1.165) is 51.6 Å². The molecule has 18 heavy (non-hydrogen) atoms. The minimum absolute atomic E-state index is 0.232. The summed E-state index contributed by atoms with van der Waals surface area (Å²) in [6.07, 6.45) is 1.23. The zero-order chi connectivity index (χ0) is 12.2. The lowest BCUT2D eigenvalue weighted by atomic mass is 10.2. The molecular formula is C14H20N2O2. The van der Waals surface area contributed by atoms with Crippen molar-refractivity contribution < 1.29 is 9.47 Å². The molecule has 0 aromatic heterocycles. The smallest absolute Gasteiger partial charge is 0.124 e. The maximum Gasteiger partial charge on any atom is 0.124 e. The summed E-state index contributed by atoms with van der Waals surface area (Å²) in [5.41, 5.74) is 1.28. The Morgan fingerprint density at radius 3 is 2.61 bits per heavy atom. The fraction of sp³-hybridized carbons (Fsp3) is 0.571. The fourth-order valence-corrected chi connectivity index (χ4v) is 2.46. The molecule has 2 aliphatic rings. The molecule has 2 fully saturated rings. The Kier molecular flexibility index (Phi) is 3.67. The Labute approximate surface area is 108 Å². The van der Waals surface area contributed by atoms with Crippen molar-refractivity contribution >= 4 is 5.69 Å². The van der Waals surface area contributed by atoms with E-state index in [2.05, 4.69) is 34.5 Å². The molecule has 98 valence electrons. The van der Waals surface area contributed by atoms with Gasteiger partial charge in [0.05, 0.1) is 13.2 Å². The van der Waals surface area contributed by atoms with E-state index in [1.54, 1.807) is 0 Å². The summed E-state index contributed by atoms with van der Waals surface area (Å²) in [6, 6.07) is 8.43. The molecule has 0 radical (unpaired) electrons. The van der Waals surface area contributed by atoms with Gasteiger partial charge in [-0.25, -0.2) is 0 Å². The molecule has 4 heteroatoms. The van der Waals surface area contributed by atoms with E-state index in [9.17, 15) is 0 Å². The lowest BCUT2D eigenvalue weighted by Gasteiger charge is -2.29. The molecule has 0 saturated carbocycles. The molecule has 2 saturated heterocycles. The molecule has 3 rings (SSSR count). The average molecular weight is 248 g/mol. The maximum absolute atomic E-state index is 5.86. The van der Waals surface area contributed by atoms with Crippen LogP contribution < -0.4 is 15.0 Å². The number of benzene rings is 1. The summed E-state index contributed by atoms with van der Waals surface area (Å²) in [5.74, 6) is 0.949. The molecular weight excluding hydrogens is 228 g/mol. The molecule has 0 amide bonds. The van der Waals surface area contributed by atoms with Gasteiger partial charge in [0.2, 0.25) is 0 Å². The van der Waals surface area contributed by atoms with Crippen LogP contribution in [0, 0.1) is 0 Å². The van der Waals surface area contributed by atoms with E-state index < -0.39 is 0 Å². The van der Waals surface area contributed by atoms with Crippen molar-refractivity contribution in [3.63, 3.8) is 0 Å². The van der Waals surface area contributed by atoms with E-state index in [-0.39, 0.29) is 6.10 Å². The molecule has 1 atom stereocenters. The quantitative estimate of drug-likeness (QED) is 0.873. The maximum atomic E-state index is 5.86. The van der Waals surface area contributed by atoms with Gasteiger partial charge in [0.15, 0.2) is 0 Å². The van der Waals surface area contributed by atoms with E-state index >= 15 is 0 Å². The van der Waals surface area contributed by atoms with Gasteiger partial charge in [0, 0.05) is 38.3 Å². The predicted molar refractivity (Wildman–Crippen MR) is 71.4 cm³/mol. The van der Waals surface area contributed by atoms with E-state index in [0.29, 0.717) is 0 Å². The Morgan fingerprint density at radius 1 is 1.17 bits per heavy atom. The summed E-state index contributed by atoms with van der Waals surface area (Å²) in [4.78, 5) is 2.40. The molecule has 0 aliphatic carbocycles. The number of piperazine rings is 1. The van der Waals surface area contributed by atoms with Crippen LogP contribution in [0.25, 0.3) is 0 Å². The van der Waals surface area contributed by atoms with Crippen LogP contribution in [-0.4, -0.2) is 45.5 Å². The standard InChI is InChI=1S/C14H20N2O2/c1-3-13(18-14-5-10-17-11-14)4-2-12(1)16-8-6-15-7-9-16/h1-4,14-15H,5-11H2/t14-/m1/s1. The van der Waals surface area contributed by atoms with Crippen LogP contribution in [0.2, 0.25) is 0 Å². The molecule has 2 heterocycles. The zero-order valence-electron chi connectivity index (χ0n) is 10.6. The highest BCUT2D eigenvalue weighted by Gasteiger charge is 2.17. The van der Waals surface area contributed by atoms with E-state index in [1.807, 2.05) is 0 Å². The molecule has 4 nitrogen and oxygen atoms in total.